The number of aromatic nitrogens is 1. The lowest BCUT2D eigenvalue weighted by molar-refractivity contribution is -0.122. The zero-order valence-electron chi connectivity index (χ0n) is 13.1. The number of hydrogen-bond donors (Lipinski definition) is 1. The molecule has 0 unspecified atom stereocenters. The Morgan fingerprint density at radius 3 is 2.72 bits per heavy atom. The number of thiazole rings is 1. The summed E-state index contributed by atoms with van der Waals surface area (Å²) in [6.45, 7) is 1.65. The molecule has 0 radical (unpaired) electrons. The Morgan fingerprint density at radius 1 is 1.24 bits per heavy atom. The largest absolute Gasteiger partial charge is 0.481 e. The molecule has 3 aromatic rings. The van der Waals surface area contributed by atoms with E-state index in [4.69, 9.17) is 4.74 Å². The van der Waals surface area contributed by atoms with Gasteiger partial charge in [0.15, 0.2) is 11.2 Å². The van der Waals surface area contributed by atoms with Crippen molar-refractivity contribution in [2.75, 3.05) is 5.32 Å². The Hall–Kier alpha value is -2.19. The number of rotatable bonds is 6. The van der Waals surface area contributed by atoms with Gasteiger partial charge in [0.25, 0.3) is 11.7 Å². The molecule has 0 saturated carbocycles. The quantitative estimate of drug-likeness (QED) is 0.610. The Balaban J connectivity index is 1.68. The molecule has 0 aliphatic heterocycles. The van der Waals surface area contributed by atoms with E-state index in [1.54, 1.807) is 37.3 Å². The number of nitrogens with one attached hydrogen (secondary N) is 1. The summed E-state index contributed by atoms with van der Waals surface area (Å²) in [5.74, 6) is -2.20. The zero-order chi connectivity index (χ0) is 17.8. The molecule has 130 valence electrons. The molecule has 1 aromatic heterocycles. The van der Waals surface area contributed by atoms with E-state index >= 15 is 0 Å². The number of hydrogen-bond acceptors (Lipinski definition) is 5. The zero-order valence-corrected chi connectivity index (χ0v) is 14.7. The Kier molecular flexibility index (Phi) is 5.50. The summed E-state index contributed by atoms with van der Waals surface area (Å²) >= 11 is 1.71. The molecule has 25 heavy (non-hydrogen) atoms. The molecule has 2 aromatic carbocycles. The van der Waals surface area contributed by atoms with Crippen molar-refractivity contribution in [3.63, 3.8) is 0 Å². The first-order valence-electron chi connectivity index (χ1n) is 7.39. The lowest BCUT2D eigenvalue weighted by atomic mass is 10.3. The van der Waals surface area contributed by atoms with Gasteiger partial charge in [0.05, 0.1) is 10.2 Å². The second-order valence-corrected chi connectivity index (χ2v) is 7.18. The van der Waals surface area contributed by atoms with E-state index in [0.717, 1.165) is 4.70 Å². The lowest BCUT2D eigenvalue weighted by Crippen LogP contribution is -2.30. The van der Waals surface area contributed by atoms with Gasteiger partial charge in [-0.05, 0) is 37.3 Å². The van der Waals surface area contributed by atoms with Crippen LogP contribution in [0.3, 0.4) is 0 Å². The first kappa shape index (κ1) is 17.6. The van der Waals surface area contributed by atoms with E-state index in [1.165, 1.54) is 11.3 Å². The van der Waals surface area contributed by atoms with Crippen LogP contribution in [0.25, 0.3) is 10.2 Å². The highest BCUT2D eigenvalue weighted by atomic mass is 32.2. The van der Waals surface area contributed by atoms with Gasteiger partial charge >= 0.3 is 0 Å². The van der Waals surface area contributed by atoms with Crippen LogP contribution in [0.2, 0.25) is 0 Å². The third-order valence-electron chi connectivity index (χ3n) is 3.24. The third kappa shape index (κ3) is 4.67. The lowest BCUT2D eigenvalue weighted by Gasteiger charge is -2.13. The van der Waals surface area contributed by atoms with Gasteiger partial charge in [0.1, 0.15) is 5.75 Å². The molecule has 0 fully saturated rings. The smallest absolute Gasteiger partial charge is 0.288 e. The fourth-order valence-electron chi connectivity index (χ4n) is 2.10. The van der Waals surface area contributed by atoms with E-state index in [2.05, 4.69) is 10.3 Å². The summed E-state index contributed by atoms with van der Waals surface area (Å²) in [6, 6.07) is 13.9. The van der Waals surface area contributed by atoms with Crippen LogP contribution < -0.4 is 10.1 Å². The number of alkyl halides is 2. The number of nitrogens with zero attached hydrogens (tertiary/aromatic N) is 1. The second kappa shape index (κ2) is 7.79. The van der Waals surface area contributed by atoms with Gasteiger partial charge in [-0.3, -0.25) is 10.1 Å². The van der Waals surface area contributed by atoms with E-state index in [0.29, 0.717) is 33.1 Å². The second-order valence-electron chi connectivity index (χ2n) is 5.09. The van der Waals surface area contributed by atoms with Crippen LogP contribution in [-0.2, 0) is 4.79 Å². The number of thioether (sulfide) groups is 1. The molecule has 8 heteroatoms. The minimum atomic E-state index is -2.47. The van der Waals surface area contributed by atoms with Crippen LogP contribution in [-0.4, -0.2) is 22.8 Å². The molecule has 3 rings (SSSR count). The number of carbonyl (C=O) groups is 1. The van der Waals surface area contributed by atoms with Crippen LogP contribution in [0.4, 0.5) is 13.9 Å². The Labute approximate surface area is 151 Å². The van der Waals surface area contributed by atoms with Crippen LogP contribution >= 0.6 is 23.1 Å². The molecule has 0 saturated heterocycles. The molecule has 0 aliphatic carbocycles. The normalized spacial score (nSPS) is 12.3. The summed E-state index contributed by atoms with van der Waals surface area (Å²) in [5, 5.41) is 3.11. The molecule has 4 nitrogen and oxygen atoms in total. The molecular formula is C17H14F2N2O2S2. The fourth-order valence-corrected chi connectivity index (χ4v) is 3.62. The Morgan fingerprint density at radius 2 is 2.00 bits per heavy atom. The van der Waals surface area contributed by atoms with E-state index in [-0.39, 0.29) is 5.91 Å². The predicted molar refractivity (Wildman–Crippen MR) is 96.6 cm³/mol. The van der Waals surface area contributed by atoms with Crippen molar-refractivity contribution in [1.29, 1.82) is 0 Å². The maximum atomic E-state index is 12.4. The summed E-state index contributed by atoms with van der Waals surface area (Å²) in [4.78, 5) is 17.0. The van der Waals surface area contributed by atoms with Gasteiger partial charge in [-0.15, -0.1) is 0 Å². The van der Waals surface area contributed by atoms with Crippen LogP contribution in [0.5, 0.6) is 5.75 Å². The molecule has 1 amide bonds. The topological polar surface area (TPSA) is 51.2 Å². The fraction of sp³-hybridized carbons (Fsp3) is 0.176. The monoisotopic (exact) mass is 380 g/mol. The molecule has 1 atom stereocenters. The highest BCUT2D eigenvalue weighted by Gasteiger charge is 2.17. The average molecular weight is 380 g/mol. The first-order chi connectivity index (χ1) is 12.0. The van der Waals surface area contributed by atoms with E-state index in [1.807, 2.05) is 18.2 Å². The summed E-state index contributed by atoms with van der Waals surface area (Å²) in [6.07, 6.45) is -0.695. The average Bonchev–Trinajstić information content (AvgIpc) is 2.96. The number of benzene rings is 2. The van der Waals surface area contributed by atoms with Crippen molar-refractivity contribution in [1.82, 2.24) is 4.98 Å². The molecule has 0 aliphatic rings. The minimum absolute atomic E-state index is 0.329. The van der Waals surface area contributed by atoms with Crippen molar-refractivity contribution in [2.45, 2.75) is 23.7 Å². The van der Waals surface area contributed by atoms with Crippen LogP contribution in [0, 0.1) is 0 Å². The van der Waals surface area contributed by atoms with Crippen LogP contribution in [0.1, 0.15) is 6.92 Å². The Bertz CT molecular complexity index is 871. The maximum Gasteiger partial charge on any atom is 0.288 e. The van der Waals surface area contributed by atoms with Crippen molar-refractivity contribution in [3.8, 4) is 5.75 Å². The number of amides is 1. The highest BCUT2D eigenvalue weighted by Crippen LogP contribution is 2.32. The highest BCUT2D eigenvalue weighted by molar-refractivity contribution is 7.99. The number of halogens is 2. The summed E-state index contributed by atoms with van der Waals surface area (Å²) in [5.41, 5.74) is 0.649. The predicted octanol–water partition coefficient (Wildman–Crippen LogP) is 5.02. The molecule has 0 bridgehead atoms. The van der Waals surface area contributed by atoms with Crippen molar-refractivity contribution in [3.05, 3.63) is 48.5 Å². The van der Waals surface area contributed by atoms with Gasteiger partial charge in [0, 0.05) is 4.90 Å². The van der Waals surface area contributed by atoms with Gasteiger partial charge < -0.3 is 4.74 Å². The molecule has 1 N–H and O–H groups in total. The summed E-state index contributed by atoms with van der Waals surface area (Å²) < 4.78 is 31.2. The van der Waals surface area contributed by atoms with E-state index < -0.39 is 11.9 Å². The van der Waals surface area contributed by atoms with Crippen LogP contribution in [0.15, 0.2) is 53.4 Å². The van der Waals surface area contributed by atoms with Crippen molar-refractivity contribution in [2.24, 2.45) is 0 Å². The minimum Gasteiger partial charge on any atom is -0.481 e. The number of carbonyl (C=O) groups excluding carboxylic acids is 1. The molecule has 1 heterocycles. The van der Waals surface area contributed by atoms with Crippen molar-refractivity contribution >= 4 is 44.4 Å². The number of anilines is 1. The number of para-hydroxylation sites is 1. The molecule has 0 spiro atoms. The van der Waals surface area contributed by atoms with E-state index in [9.17, 15) is 13.6 Å². The van der Waals surface area contributed by atoms with Gasteiger partial charge in [0.2, 0.25) is 0 Å². The van der Waals surface area contributed by atoms with Gasteiger partial charge in [-0.2, -0.15) is 8.78 Å². The standard InChI is InChI=1S/C17H14F2N2O2S2/c1-10(23-11-5-3-2-4-6-11)15(22)21-17-20-13-8-7-12(24-16(18)19)9-14(13)25-17/h2-10,16H,1H3,(H,20,21,22)/t10-/m0/s1. The number of ether oxygens (including phenoxy) is 1. The third-order valence-corrected chi connectivity index (χ3v) is 4.88. The maximum absolute atomic E-state index is 12.4. The van der Waals surface area contributed by atoms with Gasteiger partial charge in [-0.25, -0.2) is 4.98 Å². The number of fused-ring (bicyclic) bond motifs is 1. The SMILES string of the molecule is C[C@H](Oc1ccccc1)C(=O)Nc1nc2ccc(SC(F)F)cc2s1. The first-order valence-corrected chi connectivity index (χ1v) is 9.09. The summed E-state index contributed by atoms with van der Waals surface area (Å²) in [7, 11) is 0. The van der Waals surface area contributed by atoms with Gasteiger partial charge in [-0.1, -0.05) is 41.3 Å². The molecular weight excluding hydrogens is 366 g/mol. The van der Waals surface area contributed by atoms with Crippen molar-refractivity contribution < 1.29 is 18.3 Å².